The highest BCUT2D eigenvalue weighted by Crippen LogP contribution is 2.09. The first-order valence-corrected chi connectivity index (χ1v) is 4.82. The quantitative estimate of drug-likeness (QED) is 0.675. The van der Waals surface area contributed by atoms with E-state index >= 15 is 0 Å². The predicted octanol–water partition coefficient (Wildman–Crippen LogP) is -0.109. The zero-order valence-electron chi connectivity index (χ0n) is 8.95. The average Bonchev–Trinajstić information content (AvgIpc) is 2.16. The Labute approximate surface area is 88.2 Å². The van der Waals surface area contributed by atoms with Crippen LogP contribution in [0.2, 0.25) is 0 Å². The van der Waals surface area contributed by atoms with Crippen LogP contribution in [0.3, 0.4) is 0 Å². The van der Waals surface area contributed by atoms with Crippen LogP contribution in [-0.2, 0) is 9.53 Å². The fourth-order valence-electron chi connectivity index (χ4n) is 1.48. The van der Waals surface area contributed by atoms with E-state index in [9.17, 15) is 9.59 Å². The number of rotatable bonds is 2. The normalized spacial score (nSPS) is 17.3. The van der Waals surface area contributed by atoms with E-state index in [-0.39, 0.29) is 5.91 Å². The Kier molecular flexibility index (Phi) is 3.52. The van der Waals surface area contributed by atoms with Gasteiger partial charge in [0.05, 0.1) is 13.2 Å². The highest BCUT2D eigenvalue weighted by Gasteiger charge is 2.34. The van der Waals surface area contributed by atoms with Gasteiger partial charge in [-0.3, -0.25) is 4.79 Å². The summed E-state index contributed by atoms with van der Waals surface area (Å²) in [7, 11) is 0. The van der Waals surface area contributed by atoms with Crippen LogP contribution in [0.4, 0.5) is 4.79 Å². The number of carboxylic acid groups (broad SMARTS) is 1. The van der Waals surface area contributed by atoms with Crippen molar-refractivity contribution in [1.29, 1.82) is 0 Å². The van der Waals surface area contributed by atoms with E-state index in [0.29, 0.717) is 26.3 Å². The Morgan fingerprint density at radius 2 is 1.87 bits per heavy atom. The molecule has 0 bridgehead atoms. The number of ether oxygens (including phenoxy) is 1. The van der Waals surface area contributed by atoms with E-state index in [1.165, 1.54) is 0 Å². The lowest BCUT2D eigenvalue weighted by atomic mass is 10.0. The summed E-state index contributed by atoms with van der Waals surface area (Å²) in [5.74, 6) is -0.215. The van der Waals surface area contributed by atoms with Crippen molar-refractivity contribution in [3.8, 4) is 0 Å². The second-order valence-corrected chi connectivity index (χ2v) is 3.96. The summed E-state index contributed by atoms with van der Waals surface area (Å²) in [4.78, 5) is 24.0. The van der Waals surface area contributed by atoms with E-state index in [0.717, 1.165) is 0 Å². The van der Waals surface area contributed by atoms with Crippen LogP contribution in [0.25, 0.3) is 0 Å². The average molecular weight is 216 g/mol. The summed E-state index contributed by atoms with van der Waals surface area (Å²) in [6.07, 6.45) is -1.19. The van der Waals surface area contributed by atoms with Gasteiger partial charge in [0.25, 0.3) is 0 Å². The summed E-state index contributed by atoms with van der Waals surface area (Å²) in [6, 6.07) is 0. The molecule has 6 nitrogen and oxygen atoms in total. The predicted molar refractivity (Wildman–Crippen MR) is 52.6 cm³/mol. The molecule has 0 atom stereocenters. The number of hydrogen-bond donors (Lipinski definition) is 2. The van der Waals surface area contributed by atoms with Crippen molar-refractivity contribution in [2.24, 2.45) is 0 Å². The van der Waals surface area contributed by atoms with E-state index < -0.39 is 11.6 Å². The first-order valence-electron chi connectivity index (χ1n) is 4.82. The Balaban J connectivity index is 2.60. The molecule has 1 heterocycles. The van der Waals surface area contributed by atoms with Crippen molar-refractivity contribution in [2.45, 2.75) is 19.4 Å². The van der Waals surface area contributed by atoms with Crippen molar-refractivity contribution in [2.75, 3.05) is 26.3 Å². The summed E-state index contributed by atoms with van der Waals surface area (Å²) < 4.78 is 5.11. The summed E-state index contributed by atoms with van der Waals surface area (Å²) in [6.45, 7) is 5.16. The number of carbonyl (C=O) groups is 2. The van der Waals surface area contributed by atoms with Crippen LogP contribution < -0.4 is 5.32 Å². The van der Waals surface area contributed by atoms with Crippen LogP contribution in [-0.4, -0.2) is 53.8 Å². The molecule has 86 valence electrons. The number of amides is 2. The fourth-order valence-corrected chi connectivity index (χ4v) is 1.48. The molecule has 0 aliphatic carbocycles. The van der Waals surface area contributed by atoms with Crippen LogP contribution in [0.15, 0.2) is 0 Å². The second-order valence-electron chi connectivity index (χ2n) is 3.96. The highest BCUT2D eigenvalue weighted by molar-refractivity contribution is 5.88. The SMILES string of the molecule is CC(C)(NC(=O)O)C(=O)N1CCOCC1. The minimum Gasteiger partial charge on any atom is -0.465 e. The molecular weight excluding hydrogens is 200 g/mol. The van der Waals surface area contributed by atoms with Gasteiger partial charge in [0.1, 0.15) is 5.54 Å². The van der Waals surface area contributed by atoms with Crippen molar-refractivity contribution >= 4 is 12.0 Å². The summed E-state index contributed by atoms with van der Waals surface area (Å²) in [5, 5.41) is 10.8. The minimum atomic E-state index is -1.19. The van der Waals surface area contributed by atoms with Crippen molar-refractivity contribution < 1.29 is 19.4 Å². The third-order valence-corrected chi connectivity index (χ3v) is 2.25. The lowest BCUT2D eigenvalue weighted by Gasteiger charge is -2.33. The first-order chi connectivity index (χ1) is 6.93. The highest BCUT2D eigenvalue weighted by atomic mass is 16.5. The number of nitrogens with zero attached hydrogens (tertiary/aromatic N) is 1. The van der Waals surface area contributed by atoms with Gasteiger partial charge in [0.15, 0.2) is 0 Å². The third kappa shape index (κ3) is 3.09. The zero-order valence-corrected chi connectivity index (χ0v) is 8.95. The molecule has 1 aliphatic rings. The molecule has 0 radical (unpaired) electrons. The smallest absolute Gasteiger partial charge is 0.405 e. The number of hydrogen-bond acceptors (Lipinski definition) is 3. The molecule has 0 aromatic carbocycles. The topological polar surface area (TPSA) is 78.9 Å². The van der Waals surface area contributed by atoms with Gasteiger partial charge in [-0.2, -0.15) is 0 Å². The maximum atomic E-state index is 11.9. The molecule has 1 saturated heterocycles. The lowest BCUT2D eigenvalue weighted by Crippen LogP contribution is -2.57. The maximum absolute atomic E-state index is 11.9. The first kappa shape index (κ1) is 11.8. The molecule has 0 saturated carbocycles. The summed E-state index contributed by atoms with van der Waals surface area (Å²) >= 11 is 0. The molecule has 0 unspecified atom stereocenters. The maximum Gasteiger partial charge on any atom is 0.405 e. The molecule has 2 N–H and O–H groups in total. The Morgan fingerprint density at radius 1 is 1.33 bits per heavy atom. The molecular formula is C9H16N2O4. The van der Waals surface area contributed by atoms with Crippen molar-refractivity contribution in [1.82, 2.24) is 10.2 Å². The third-order valence-electron chi connectivity index (χ3n) is 2.25. The van der Waals surface area contributed by atoms with Crippen molar-refractivity contribution in [3.63, 3.8) is 0 Å². The van der Waals surface area contributed by atoms with Crippen LogP contribution in [0.5, 0.6) is 0 Å². The monoisotopic (exact) mass is 216 g/mol. The van der Waals surface area contributed by atoms with Gasteiger partial charge < -0.3 is 20.1 Å². The summed E-state index contributed by atoms with van der Waals surface area (Å²) in [5.41, 5.74) is -1.08. The van der Waals surface area contributed by atoms with Gasteiger partial charge in [0.2, 0.25) is 5.91 Å². The van der Waals surface area contributed by atoms with E-state index in [1.54, 1.807) is 18.7 Å². The van der Waals surface area contributed by atoms with Crippen LogP contribution in [0, 0.1) is 0 Å². The second kappa shape index (κ2) is 4.48. The minimum absolute atomic E-state index is 0.215. The van der Waals surface area contributed by atoms with E-state index in [4.69, 9.17) is 9.84 Å². The number of morpholine rings is 1. The standard InChI is InChI=1S/C9H16N2O4/c1-9(2,10-8(13)14)7(12)11-3-5-15-6-4-11/h10H,3-6H2,1-2H3,(H,13,14). The van der Waals surface area contributed by atoms with E-state index in [1.807, 2.05) is 0 Å². The molecule has 1 fully saturated rings. The molecule has 0 aromatic heterocycles. The zero-order chi connectivity index (χ0) is 11.5. The van der Waals surface area contributed by atoms with Crippen LogP contribution >= 0.6 is 0 Å². The Hall–Kier alpha value is -1.30. The molecule has 15 heavy (non-hydrogen) atoms. The van der Waals surface area contributed by atoms with E-state index in [2.05, 4.69) is 5.32 Å². The Bertz CT molecular complexity index is 259. The fraction of sp³-hybridized carbons (Fsp3) is 0.778. The molecule has 1 rings (SSSR count). The molecule has 1 aliphatic heterocycles. The number of carbonyl (C=O) groups excluding carboxylic acids is 1. The van der Waals surface area contributed by atoms with Gasteiger partial charge in [-0.1, -0.05) is 0 Å². The molecule has 6 heteroatoms. The molecule has 2 amide bonds. The van der Waals surface area contributed by atoms with Gasteiger partial charge in [-0.05, 0) is 13.8 Å². The molecule has 0 aromatic rings. The largest absolute Gasteiger partial charge is 0.465 e. The van der Waals surface area contributed by atoms with Gasteiger partial charge >= 0.3 is 6.09 Å². The van der Waals surface area contributed by atoms with Gasteiger partial charge in [-0.25, -0.2) is 4.79 Å². The molecule has 0 spiro atoms. The lowest BCUT2D eigenvalue weighted by molar-refractivity contribution is -0.140. The number of nitrogens with one attached hydrogen (secondary N) is 1. The Morgan fingerprint density at radius 3 is 2.33 bits per heavy atom. The van der Waals surface area contributed by atoms with Crippen LogP contribution in [0.1, 0.15) is 13.8 Å². The van der Waals surface area contributed by atoms with Gasteiger partial charge in [-0.15, -0.1) is 0 Å². The van der Waals surface area contributed by atoms with Crippen molar-refractivity contribution in [3.05, 3.63) is 0 Å². The van der Waals surface area contributed by atoms with Gasteiger partial charge in [0, 0.05) is 13.1 Å².